The van der Waals surface area contributed by atoms with E-state index in [2.05, 4.69) is 0 Å². The zero-order valence-corrected chi connectivity index (χ0v) is 15.2. The van der Waals surface area contributed by atoms with Gasteiger partial charge in [-0.25, -0.2) is 4.79 Å². The molecule has 0 aromatic carbocycles. The topological polar surface area (TPSA) is 65.0 Å². The first-order valence-electron chi connectivity index (χ1n) is 9.36. The number of aliphatic hydroxyl groups excluding tert-OH is 1. The van der Waals surface area contributed by atoms with Crippen molar-refractivity contribution in [3.8, 4) is 0 Å². The third-order valence-electron chi connectivity index (χ3n) is 4.89. The van der Waals surface area contributed by atoms with E-state index in [9.17, 15) is 9.90 Å². The first kappa shape index (κ1) is 19.4. The number of unbranched alkanes of at least 4 members (excludes halogenated alkanes) is 2. The molecule has 1 fully saturated rings. The first-order chi connectivity index (χ1) is 12.2. The Morgan fingerprint density at radius 3 is 2.68 bits per heavy atom. The van der Waals surface area contributed by atoms with E-state index >= 15 is 0 Å². The van der Waals surface area contributed by atoms with Gasteiger partial charge in [0.05, 0.1) is 12.7 Å². The van der Waals surface area contributed by atoms with E-state index < -0.39 is 0 Å². The molecule has 2 rings (SSSR count). The molecule has 1 N–H and O–H groups in total. The predicted octanol–water partition coefficient (Wildman–Crippen LogP) is 5.25. The Hall–Kier alpha value is -1.91. The van der Waals surface area contributed by atoms with Crippen molar-refractivity contribution < 1.29 is 24.1 Å². The summed E-state index contributed by atoms with van der Waals surface area (Å²) >= 11 is 0. The van der Waals surface area contributed by atoms with Crippen LogP contribution in [0.4, 0.5) is 0 Å². The molecule has 0 radical (unpaired) electrons. The lowest BCUT2D eigenvalue weighted by Gasteiger charge is -2.22. The minimum atomic E-state index is -0.382. The van der Waals surface area contributed by atoms with E-state index in [1.54, 1.807) is 6.26 Å². The largest absolute Gasteiger partial charge is 0.512 e. The third-order valence-corrected chi connectivity index (χ3v) is 4.89. The molecule has 0 aromatic rings. The monoisotopic (exact) mass is 350 g/mol. The van der Waals surface area contributed by atoms with Crippen molar-refractivity contribution in [3.63, 3.8) is 0 Å². The van der Waals surface area contributed by atoms with Crippen molar-refractivity contribution >= 4 is 5.97 Å². The van der Waals surface area contributed by atoms with Gasteiger partial charge in [-0.15, -0.1) is 0 Å². The summed E-state index contributed by atoms with van der Waals surface area (Å²) < 4.78 is 15.2. The van der Waals surface area contributed by atoms with Crippen LogP contribution >= 0.6 is 0 Å². The lowest BCUT2D eigenvalue weighted by molar-refractivity contribution is -0.136. The molecule has 0 atom stereocenters. The Morgan fingerprint density at radius 1 is 1.20 bits per heavy atom. The highest BCUT2D eigenvalue weighted by atomic mass is 16.5. The van der Waals surface area contributed by atoms with Crippen LogP contribution in [0.1, 0.15) is 70.6 Å². The average Bonchev–Trinajstić information content (AvgIpc) is 2.66. The minimum absolute atomic E-state index is 0.205. The Morgan fingerprint density at radius 2 is 2.00 bits per heavy atom. The van der Waals surface area contributed by atoms with E-state index in [-0.39, 0.29) is 11.7 Å². The molecule has 0 spiro atoms. The van der Waals surface area contributed by atoms with Crippen molar-refractivity contribution in [3.05, 3.63) is 35.9 Å². The van der Waals surface area contributed by atoms with Crippen molar-refractivity contribution in [2.45, 2.75) is 70.6 Å². The molecule has 140 valence electrons. The summed E-state index contributed by atoms with van der Waals surface area (Å²) in [5, 5.41) is 10.4. The van der Waals surface area contributed by atoms with Gasteiger partial charge in [0.2, 0.25) is 0 Å². The smallest absolute Gasteiger partial charge is 0.337 e. The molecule has 2 aliphatic rings. The zero-order valence-electron chi connectivity index (χ0n) is 15.2. The molecule has 0 saturated heterocycles. The van der Waals surface area contributed by atoms with Crippen LogP contribution in [-0.4, -0.2) is 18.2 Å². The Bertz CT molecular complexity index is 512. The molecule has 25 heavy (non-hydrogen) atoms. The van der Waals surface area contributed by atoms with E-state index in [1.807, 2.05) is 0 Å². The minimum Gasteiger partial charge on any atom is -0.512 e. The van der Waals surface area contributed by atoms with Crippen LogP contribution in [-0.2, 0) is 19.0 Å². The van der Waals surface area contributed by atoms with Crippen molar-refractivity contribution in [1.29, 1.82) is 0 Å². The van der Waals surface area contributed by atoms with Gasteiger partial charge in [-0.3, -0.25) is 0 Å². The summed E-state index contributed by atoms with van der Waals surface area (Å²) in [5.41, 5.74) is 0.478. The van der Waals surface area contributed by atoms with Crippen molar-refractivity contribution in [2.75, 3.05) is 7.11 Å². The van der Waals surface area contributed by atoms with Gasteiger partial charge in [0.15, 0.2) is 0 Å². The SMILES string of the molecule is COC(=O)C(CC1CCCCC1)=C(O)CCCCCC1=COC=CO1. The maximum Gasteiger partial charge on any atom is 0.337 e. The molecule has 1 heterocycles. The number of hydrogen-bond donors (Lipinski definition) is 1. The van der Waals surface area contributed by atoms with Crippen molar-refractivity contribution in [1.82, 2.24) is 0 Å². The van der Waals surface area contributed by atoms with Gasteiger partial charge in [-0.05, 0) is 25.2 Å². The fourth-order valence-corrected chi connectivity index (χ4v) is 3.45. The second-order valence-corrected chi connectivity index (χ2v) is 6.80. The molecule has 0 unspecified atom stereocenters. The molecular weight excluding hydrogens is 320 g/mol. The van der Waals surface area contributed by atoms with E-state index in [4.69, 9.17) is 14.2 Å². The Balaban J connectivity index is 1.76. The molecule has 1 aliphatic carbocycles. The second-order valence-electron chi connectivity index (χ2n) is 6.80. The number of allylic oxidation sites excluding steroid dienone is 2. The molecular formula is C20H30O5. The van der Waals surface area contributed by atoms with Gasteiger partial charge in [-0.2, -0.15) is 0 Å². The van der Waals surface area contributed by atoms with Crippen LogP contribution in [0.2, 0.25) is 0 Å². The number of ether oxygens (including phenoxy) is 3. The number of carbonyl (C=O) groups is 1. The van der Waals surface area contributed by atoms with Crippen LogP contribution < -0.4 is 0 Å². The lowest BCUT2D eigenvalue weighted by atomic mass is 9.84. The molecule has 5 heteroatoms. The highest BCUT2D eigenvalue weighted by molar-refractivity contribution is 5.88. The fourth-order valence-electron chi connectivity index (χ4n) is 3.45. The number of esters is 1. The van der Waals surface area contributed by atoms with E-state index in [0.717, 1.165) is 44.3 Å². The van der Waals surface area contributed by atoms with Crippen LogP contribution in [0, 0.1) is 5.92 Å². The number of aliphatic hydroxyl groups is 1. The van der Waals surface area contributed by atoms with Crippen LogP contribution in [0.15, 0.2) is 35.9 Å². The first-order valence-corrected chi connectivity index (χ1v) is 9.36. The van der Waals surface area contributed by atoms with Gasteiger partial charge >= 0.3 is 5.97 Å². The van der Waals surface area contributed by atoms with Crippen LogP contribution in [0.25, 0.3) is 0 Å². The molecule has 0 amide bonds. The molecule has 1 aliphatic heterocycles. The summed E-state index contributed by atoms with van der Waals surface area (Å²) in [6, 6.07) is 0. The summed E-state index contributed by atoms with van der Waals surface area (Å²) in [6.07, 6.45) is 15.3. The normalized spacial score (nSPS) is 18.7. The Labute approximate surface area is 150 Å². The van der Waals surface area contributed by atoms with Crippen LogP contribution in [0.3, 0.4) is 0 Å². The number of carbonyl (C=O) groups excluding carboxylic acids is 1. The van der Waals surface area contributed by atoms with Gasteiger partial charge in [0.1, 0.15) is 30.3 Å². The third kappa shape index (κ3) is 6.85. The molecule has 0 bridgehead atoms. The number of hydrogen-bond acceptors (Lipinski definition) is 5. The standard InChI is InChI=1S/C20H30O5/c1-23-20(22)18(14-16-8-4-2-5-9-16)19(21)11-7-3-6-10-17-15-24-12-13-25-17/h12-13,15-16,21H,2-11,14H2,1H3. The maximum atomic E-state index is 12.0. The highest BCUT2D eigenvalue weighted by Gasteiger charge is 2.22. The zero-order chi connectivity index (χ0) is 17.9. The van der Waals surface area contributed by atoms with Gasteiger partial charge in [0, 0.05) is 12.8 Å². The summed E-state index contributed by atoms with van der Waals surface area (Å²) in [5.74, 6) is 1.13. The van der Waals surface area contributed by atoms with E-state index in [0.29, 0.717) is 24.3 Å². The maximum absolute atomic E-state index is 12.0. The lowest BCUT2D eigenvalue weighted by Crippen LogP contribution is -2.15. The summed E-state index contributed by atoms with van der Waals surface area (Å²) in [4.78, 5) is 12.0. The van der Waals surface area contributed by atoms with Crippen LogP contribution in [0.5, 0.6) is 0 Å². The number of methoxy groups -OCH3 is 1. The summed E-state index contributed by atoms with van der Waals surface area (Å²) in [6.45, 7) is 0. The quantitative estimate of drug-likeness (QED) is 0.266. The predicted molar refractivity (Wildman–Crippen MR) is 95.3 cm³/mol. The Kier molecular flexibility index (Phi) is 8.43. The number of rotatable bonds is 9. The van der Waals surface area contributed by atoms with Crippen molar-refractivity contribution in [2.24, 2.45) is 5.92 Å². The van der Waals surface area contributed by atoms with Gasteiger partial charge in [-0.1, -0.05) is 38.5 Å². The van der Waals surface area contributed by atoms with Gasteiger partial charge < -0.3 is 19.3 Å². The molecule has 5 nitrogen and oxygen atoms in total. The molecule has 1 saturated carbocycles. The highest BCUT2D eigenvalue weighted by Crippen LogP contribution is 2.31. The second kappa shape index (κ2) is 10.9. The van der Waals surface area contributed by atoms with Gasteiger partial charge in [0.25, 0.3) is 0 Å². The fraction of sp³-hybridized carbons (Fsp3) is 0.650. The van der Waals surface area contributed by atoms with E-state index in [1.165, 1.54) is 38.9 Å². The summed E-state index contributed by atoms with van der Waals surface area (Å²) in [7, 11) is 1.38. The molecule has 0 aromatic heterocycles. The average molecular weight is 350 g/mol.